The van der Waals surface area contributed by atoms with Crippen LogP contribution in [0.5, 0.6) is 0 Å². The highest BCUT2D eigenvalue weighted by molar-refractivity contribution is 4.59. The maximum atomic E-state index is 3.42. The van der Waals surface area contributed by atoms with Gasteiger partial charge in [0.25, 0.3) is 0 Å². The second-order valence-corrected chi connectivity index (χ2v) is 2.16. The number of H-pyrrole nitrogens is 1. The lowest BCUT2D eigenvalue weighted by atomic mass is 10.4. The van der Waals surface area contributed by atoms with Crippen molar-refractivity contribution in [2.45, 2.75) is 0 Å². The summed E-state index contributed by atoms with van der Waals surface area (Å²) in [6.07, 6.45) is 3.24. The van der Waals surface area contributed by atoms with Gasteiger partial charge in [-0.1, -0.05) is 5.21 Å². The van der Waals surface area contributed by atoms with E-state index in [1.807, 2.05) is 0 Å². The quantitative estimate of drug-likeness (QED) is 0.408. The molecular formula is C6H16N6. The number of aromatic nitrogens is 3. The molecule has 6 nitrogen and oxygen atoms in total. The molecule has 0 atom stereocenters. The average Bonchev–Trinajstić information content (AvgIpc) is 2.64. The summed E-state index contributed by atoms with van der Waals surface area (Å²) in [5, 5.41) is 15.7. The largest absolute Gasteiger partial charge is 0.344 e. The van der Waals surface area contributed by atoms with Crippen molar-refractivity contribution >= 4 is 0 Å². The van der Waals surface area contributed by atoms with Crippen LogP contribution in [0.3, 0.4) is 0 Å². The SMILES string of the molecule is C1CNCCN1.N.c1c[nH]nn1. The van der Waals surface area contributed by atoms with Crippen molar-refractivity contribution < 1.29 is 0 Å². The lowest BCUT2D eigenvalue weighted by Gasteiger charge is -2.11. The first-order chi connectivity index (χ1) is 5.50. The lowest BCUT2D eigenvalue weighted by molar-refractivity contribution is 0.534. The summed E-state index contributed by atoms with van der Waals surface area (Å²) in [7, 11) is 0. The van der Waals surface area contributed by atoms with Gasteiger partial charge >= 0.3 is 0 Å². The molecule has 1 aliphatic rings. The Morgan fingerprint density at radius 1 is 1.00 bits per heavy atom. The molecule has 0 radical (unpaired) electrons. The molecule has 0 amide bonds. The molecule has 1 saturated heterocycles. The van der Waals surface area contributed by atoms with Crippen LogP contribution in [0.4, 0.5) is 0 Å². The molecule has 1 fully saturated rings. The molecule has 0 aromatic carbocycles. The van der Waals surface area contributed by atoms with Crippen LogP contribution >= 0.6 is 0 Å². The van der Waals surface area contributed by atoms with Crippen LogP contribution in [-0.2, 0) is 0 Å². The monoisotopic (exact) mass is 172 g/mol. The van der Waals surface area contributed by atoms with E-state index in [1.54, 1.807) is 12.4 Å². The van der Waals surface area contributed by atoms with E-state index in [9.17, 15) is 0 Å². The van der Waals surface area contributed by atoms with E-state index in [2.05, 4.69) is 26.0 Å². The van der Waals surface area contributed by atoms with Crippen molar-refractivity contribution in [2.24, 2.45) is 0 Å². The Labute approximate surface area is 71.7 Å². The van der Waals surface area contributed by atoms with E-state index in [0.717, 1.165) is 26.2 Å². The molecule has 0 unspecified atom stereocenters. The highest BCUT2D eigenvalue weighted by Gasteiger charge is 1.91. The zero-order valence-corrected chi connectivity index (χ0v) is 7.08. The van der Waals surface area contributed by atoms with Crippen molar-refractivity contribution in [3.05, 3.63) is 12.4 Å². The van der Waals surface area contributed by atoms with Crippen LogP contribution in [0.1, 0.15) is 0 Å². The summed E-state index contributed by atoms with van der Waals surface area (Å²) in [4.78, 5) is 0. The van der Waals surface area contributed by atoms with Crippen LogP contribution in [0, 0.1) is 0 Å². The van der Waals surface area contributed by atoms with Crippen LogP contribution in [0.2, 0.25) is 0 Å². The molecule has 12 heavy (non-hydrogen) atoms. The van der Waals surface area contributed by atoms with Crippen molar-refractivity contribution in [1.82, 2.24) is 32.2 Å². The summed E-state index contributed by atoms with van der Waals surface area (Å²) in [6, 6.07) is 0. The van der Waals surface area contributed by atoms with Crippen molar-refractivity contribution in [3.63, 3.8) is 0 Å². The molecule has 2 rings (SSSR count). The predicted octanol–water partition coefficient (Wildman–Crippen LogP) is -0.854. The summed E-state index contributed by atoms with van der Waals surface area (Å²) in [5.74, 6) is 0. The molecule has 0 spiro atoms. The molecular weight excluding hydrogens is 156 g/mol. The Balaban J connectivity index is 0.000000189. The van der Waals surface area contributed by atoms with Crippen LogP contribution in [0.15, 0.2) is 12.4 Å². The highest BCUT2D eigenvalue weighted by Crippen LogP contribution is 1.65. The number of piperazine rings is 1. The average molecular weight is 172 g/mol. The minimum Gasteiger partial charge on any atom is -0.344 e. The minimum absolute atomic E-state index is 0. The van der Waals surface area contributed by atoms with Crippen LogP contribution in [0.25, 0.3) is 0 Å². The Morgan fingerprint density at radius 3 is 1.75 bits per heavy atom. The first-order valence-electron chi connectivity index (χ1n) is 3.72. The minimum atomic E-state index is 0. The first kappa shape index (κ1) is 11.0. The van der Waals surface area contributed by atoms with Gasteiger partial charge in [0.2, 0.25) is 0 Å². The summed E-state index contributed by atoms with van der Waals surface area (Å²) >= 11 is 0. The van der Waals surface area contributed by atoms with E-state index >= 15 is 0 Å². The predicted molar refractivity (Wildman–Crippen MR) is 47.1 cm³/mol. The number of hydrogen-bond acceptors (Lipinski definition) is 5. The van der Waals surface area contributed by atoms with Gasteiger partial charge in [-0.25, -0.2) is 0 Å². The maximum absolute atomic E-state index is 3.42. The maximum Gasteiger partial charge on any atom is 0.0690 e. The number of nitrogens with one attached hydrogen (secondary N) is 3. The molecule has 0 saturated carbocycles. The smallest absolute Gasteiger partial charge is 0.0690 e. The Bertz CT molecular complexity index is 118. The molecule has 2 heterocycles. The van der Waals surface area contributed by atoms with Gasteiger partial charge in [-0.3, -0.25) is 5.10 Å². The molecule has 1 aromatic heterocycles. The third-order valence-corrected chi connectivity index (χ3v) is 1.29. The number of hydrogen-bond donors (Lipinski definition) is 4. The molecule has 1 aliphatic heterocycles. The zero-order valence-electron chi connectivity index (χ0n) is 7.08. The standard InChI is InChI=1S/C4H10N2.C2H3N3.H3N/c1-2-6-4-3-5-1;1-2-4-5-3-1;/h5-6H,1-4H2;1-2H,(H,3,4,5);1H3. The van der Waals surface area contributed by atoms with Gasteiger partial charge < -0.3 is 16.8 Å². The van der Waals surface area contributed by atoms with E-state index in [1.165, 1.54) is 0 Å². The summed E-state index contributed by atoms with van der Waals surface area (Å²) < 4.78 is 0. The van der Waals surface area contributed by atoms with Crippen molar-refractivity contribution in [1.29, 1.82) is 0 Å². The molecule has 1 aromatic rings. The number of nitrogens with zero attached hydrogens (tertiary/aromatic N) is 2. The Kier molecular flexibility index (Phi) is 7.46. The van der Waals surface area contributed by atoms with Gasteiger partial charge in [-0.15, -0.1) is 5.10 Å². The summed E-state index contributed by atoms with van der Waals surface area (Å²) in [5.41, 5.74) is 0. The second kappa shape index (κ2) is 8.12. The van der Waals surface area contributed by atoms with Crippen LogP contribution < -0.4 is 16.8 Å². The van der Waals surface area contributed by atoms with Gasteiger partial charge in [0.05, 0.1) is 6.20 Å². The Morgan fingerprint density at radius 2 is 1.58 bits per heavy atom. The normalized spacial score (nSPS) is 15.3. The van der Waals surface area contributed by atoms with E-state index in [0.29, 0.717) is 0 Å². The third-order valence-electron chi connectivity index (χ3n) is 1.29. The van der Waals surface area contributed by atoms with Gasteiger partial charge in [0.1, 0.15) is 0 Å². The fourth-order valence-corrected chi connectivity index (χ4v) is 0.770. The topological polar surface area (TPSA) is 101 Å². The number of aromatic amines is 1. The molecule has 6 N–H and O–H groups in total. The third kappa shape index (κ3) is 5.78. The van der Waals surface area contributed by atoms with Gasteiger partial charge in [0, 0.05) is 32.4 Å². The molecule has 70 valence electrons. The van der Waals surface area contributed by atoms with E-state index in [-0.39, 0.29) is 6.15 Å². The van der Waals surface area contributed by atoms with Crippen molar-refractivity contribution in [2.75, 3.05) is 26.2 Å². The lowest BCUT2D eigenvalue weighted by Crippen LogP contribution is -2.39. The van der Waals surface area contributed by atoms with Crippen molar-refractivity contribution in [3.8, 4) is 0 Å². The van der Waals surface area contributed by atoms with E-state index < -0.39 is 0 Å². The van der Waals surface area contributed by atoms with Crippen LogP contribution in [-0.4, -0.2) is 41.6 Å². The fourth-order valence-electron chi connectivity index (χ4n) is 0.770. The zero-order chi connectivity index (χ0) is 7.78. The van der Waals surface area contributed by atoms with Gasteiger partial charge in [0.15, 0.2) is 0 Å². The highest BCUT2D eigenvalue weighted by atomic mass is 15.3. The number of rotatable bonds is 0. The molecule has 0 aliphatic carbocycles. The second-order valence-electron chi connectivity index (χ2n) is 2.16. The molecule has 0 bridgehead atoms. The Hall–Kier alpha value is -0.980. The fraction of sp³-hybridized carbons (Fsp3) is 0.667. The molecule has 6 heteroatoms. The first-order valence-corrected chi connectivity index (χ1v) is 3.72. The van der Waals surface area contributed by atoms with Gasteiger partial charge in [-0.2, -0.15) is 0 Å². The van der Waals surface area contributed by atoms with Gasteiger partial charge in [-0.05, 0) is 0 Å². The van der Waals surface area contributed by atoms with E-state index in [4.69, 9.17) is 0 Å². The summed E-state index contributed by atoms with van der Waals surface area (Å²) in [6.45, 7) is 4.56.